The molecule has 72 valence electrons. The number of benzene rings is 1. The highest BCUT2D eigenvalue weighted by Crippen LogP contribution is 2.05. The molecule has 0 fully saturated rings. The number of nitro groups is 1. The van der Waals surface area contributed by atoms with Crippen LogP contribution in [0.1, 0.15) is 19.4 Å². The molecule has 0 saturated carbocycles. The molecule has 0 aliphatic heterocycles. The first-order chi connectivity index (χ1) is 6.52. The summed E-state index contributed by atoms with van der Waals surface area (Å²) in [6, 6.07) is 9.22. The quantitative estimate of drug-likeness (QED) is 0.385. The van der Waals surface area contributed by atoms with Crippen LogP contribution >= 0.6 is 0 Å². The highest BCUT2D eigenvalue weighted by Gasteiger charge is 2.27. The van der Waals surface area contributed by atoms with E-state index in [0.29, 0.717) is 0 Å². The van der Waals surface area contributed by atoms with Gasteiger partial charge in [0.15, 0.2) is 0 Å². The lowest BCUT2D eigenvalue weighted by molar-refractivity contribution is -0.542. The Labute approximate surface area is 82.9 Å². The summed E-state index contributed by atoms with van der Waals surface area (Å²) in [5, 5.41) is 10.5. The highest BCUT2D eigenvalue weighted by molar-refractivity contribution is 5.35. The van der Waals surface area contributed by atoms with Crippen molar-refractivity contribution in [1.82, 2.24) is 0 Å². The summed E-state index contributed by atoms with van der Waals surface area (Å²) in [5.41, 5.74) is -0.391. The Morgan fingerprint density at radius 2 is 1.86 bits per heavy atom. The van der Waals surface area contributed by atoms with E-state index >= 15 is 0 Å². The lowest BCUT2D eigenvalue weighted by Gasteiger charge is -2.05. The van der Waals surface area contributed by atoms with Crippen molar-refractivity contribution in [3.05, 3.63) is 46.0 Å². The summed E-state index contributed by atoms with van der Waals surface area (Å²) in [6.07, 6.45) is 0. The van der Waals surface area contributed by atoms with E-state index in [9.17, 15) is 10.1 Å². The molecule has 1 aromatic rings. The smallest absolute Gasteiger partial charge is 0.263 e. The van der Waals surface area contributed by atoms with Gasteiger partial charge in [-0.3, -0.25) is 10.1 Å². The first-order valence-corrected chi connectivity index (χ1v) is 4.25. The first-order valence-electron chi connectivity index (χ1n) is 4.25. The Morgan fingerprint density at radius 3 is 2.36 bits per heavy atom. The van der Waals surface area contributed by atoms with Crippen LogP contribution in [0.5, 0.6) is 0 Å². The minimum absolute atomic E-state index is 0.386. The van der Waals surface area contributed by atoms with E-state index < -0.39 is 5.54 Å². The Balaban J connectivity index is 2.89. The van der Waals surface area contributed by atoms with Crippen LogP contribution in [0.3, 0.4) is 0 Å². The van der Waals surface area contributed by atoms with Gasteiger partial charge in [0.25, 0.3) is 5.54 Å². The largest absolute Gasteiger partial charge is 0.276 e. The monoisotopic (exact) mass is 189 g/mol. The number of nitrogens with zero attached hydrogens (tertiary/aromatic N) is 1. The predicted octanol–water partition coefficient (Wildman–Crippen LogP) is 2.09. The van der Waals surface area contributed by atoms with Crippen molar-refractivity contribution >= 4 is 0 Å². The van der Waals surface area contributed by atoms with Crippen LogP contribution in [-0.2, 0) is 0 Å². The standard InChI is InChI=1S/C11H11NO2/c1-11(2,12(13)14)9-8-10-6-4-3-5-7-10/h3-7H,1-2H3. The first kappa shape index (κ1) is 10.3. The van der Waals surface area contributed by atoms with Crippen LogP contribution in [0.2, 0.25) is 0 Å². The molecule has 14 heavy (non-hydrogen) atoms. The zero-order valence-electron chi connectivity index (χ0n) is 8.15. The van der Waals surface area contributed by atoms with Crippen LogP contribution in [0, 0.1) is 22.0 Å². The van der Waals surface area contributed by atoms with Gasteiger partial charge < -0.3 is 0 Å². The maximum Gasteiger partial charge on any atom is 0.276 e. The van der Waals surface area contributed by atoms with E-state index in [1.165, 1.54) is 13.8 Å². The van der Waals surface area contributed by atoms with Gasteiger partial charge in [-0.1, -0.05) is 24.1 Å². The molecule has 3 heteroatoms. The number of rotatable bonds is 1. The van der Waals surface area contributed by atoms with Crippen LogP contribution in [-0.4, -0.2) is 10.5 Å². The minimum Gasteiger partial charge on any atom is -0.263 e. The Bertz CT molecular complexity index is 385. The molecule has 0 bridgehead atoms. The highest BCUT2D eigenvalue weighted by atomic mass is 16.6. The summed E-state index contributed by atoms with van der Waals surface area (Å²) in [5.74, 6) is 5.40. The molecular formula is C11H11NO2. The summed E-state index contributed by atoms with van der Waals surface area (Å²) in [4.78, 5) is 10.2. The lowest BCUT2D eigenvalue weighted by atomic mass is 10.1. The lowest BCUT2D eigenvalue weighted by Crippen LogP contribution is -2.28. The third kappa shape index (κ3) is 2.60. The molecule has 1 rings (SSSR count). The Kier molecular flexibility index (Phi) is 2.88. The molecule has 0 N–H and O–H groups in total. The molecule has 0 unspecified atom stereocenters. The van der Waals surface area contributed by atoms with Crippen LogP contribution in [0.4, 0.5) is 0 Å². The summed E-state index contributed by atoms with van der Waals surface area (Å²) >= 11 is 0. The number of hydrogen-bond donors (Lipinski definition) is 0. The summed E-state index contributed by atoms with van der Waals surface area (Å²) < 4.78 is 0. The predicted molar refractivity (Wildman–Crippen MR) is 54.4 cm³/mol. The van der Waals surface area contributed by atoms with Gasteiger partial charge in [-0.15, -0.1) is 0 Å². The summed E-state index contributed by atoms with van der Waals surface area (Å²) in [7, 11) is 0. The molecule has 0 heterocycles. The van der Waals surface area contributed by atoms with E-state index in [1.54, 1.807) is 0 Å². The van der Waals surface area contributed by atoms with Gasteiger partial charge in [0, 0.05) is 24.3 Å². The maximum atomic E-state index is 10.5. The fraction of sp³-hybridized carbons (Fsp3) is 0.273. The maximum absolute atomic E-state index is 10.5. The molecule has 0 saturated heterocycles. The molecule has 1 aromatic carbocycles. The second-order valence-corrected chi connectivity index (χ2v) is 3.43. The van der Waals surface area contributed by atoms with Crippen molar-refractivity contribution in [2.24, 2.45) is 0 Å². The third-order valence-electron chi connectivity index (χ3n) is 1.74. The van der Waals surface area contributed by atoms with E-state index in [4.69, 9.17) is 0 Å². The van der Waals surface area contributed by atoms with Crippen molar-refractivity contribution < 1.29 is 4.92 Å². The average Bonchev–Trinajstić information content (AvgIpc) is 2.16. The molecule has 3 nitrogen and oxygen atoms in total. The SMILES string of the molecule is CC(C)(C#Cc1ccccc1)[N+](=O)[O-]. The van der Waals surface area contributed by atoms with Crippen LogP contribution < -0.4 is 0 Å². The average molecular weight is 189 g/mol. The molecule has 0 amide bonds. The molecule has 0 aliphatic carbocycles. The van der Waals surface area contributed by atoms with Gasteiger partial charge in [0.05, 0.1) is 0 Å². The Hall–Kier alpha value is -1.82. The van der Waals surface area contributed by atoms with Crippen molar-refractivity contribution in [1.29, 1.82) is 0 Å². The molecule has 0 aliphatic rings. The van der Waals surface area contributed by atoms with E-state index in [2.05, 4.69) is 11.8 Å². The van der Waals surface area contributed by atoms with E-state index in [0.717, 1.165) is 5.56 Å². The normalized spacial score (nSPS) is 10.1. The van der Waals surface area contributed by atoms with Gasteiger partial charge in [-0.2, -0.15) is 0 Å². The number of hydrogen-bond acceptors (Lipinski definition) is 2. The van der Waals surface area contributed by atoms with Gasteiger partial charge in [0.2, 0.25) is 0 Å². The van der Waals surface area contributed by atoms with E-state index in [-0.39, 0.29) is 4.92 Å². The van der Waals surface area contributed by atoms with Crippen molar-refractivity contribution in [3.63, 3.8) is 0 Å². The van der Waals surface area contributed by atoms with Crippen LogP contribution in [0.25, 0.3) is 0 Å². The molecule has 0 radical (unpaired) electrons. The topological polar surface area (TPSA) is 43.1 Å². The third-order valence-corrected chi connectivity index (χ3v) is 1.74. The van der Waals surface area contributed by atoms with Crippen LogP contribution in [0.15, 0.2) is 30.3 Å². The van der Waals surface area contributed by atoms with Crippen molar-refractivity contribution in [2.45, 2.75) is 19.4 Å². The zero-order chi connectivity index (χ0) is 10.6. The van der Waals surface area contributed by atoms with Gasteiger partial charge in [-0.05, 0) is 18.1 Å². The second kappa shape index (κ2) is 3.93. The molecule has 0 atom stereocenters. The molecule has 0 aromatic heterocycles. The van der Waals surface area contributed by atoms with Crippen molar-refractivity contribution in [2.75, 3.05) is 0 Å². The fourth-order valence-corrected chi connectivity index (χ4v) is 0.792. The van der Waals surface area contributed by atoms with Gasteiger partial charge in [-0.25, -0.2) is 0 Å². The zero-order valence-corrected chi connectivity index (χ0v) is 8.15. The van der Waals surface area contributed by atoms with Gasteiger partial charge >= 0.3 is 0 Å². The van der Waals surface area contributed by atoms with Gasteiger partial charge in [0.1, 0.15) is 0 Å². The van der Waals surface area contributed by atoms with E-state index in [1.807, 2.05) is 30.3 Å². The van der Waals surface area contributed by atoms with Crippen molar-refractivity contribution in [3.8, 4) is 11.8 Å². The minimum atomic E-state index is -1.18. The fourth-order valence-electron chi connectivity index (χ4n) is 0.792. The molecular weight excluding hydrogens is 178 g/mol. The second-order valence-electron chi connectivity index (χ2n) is 3.43. The molecule has 0 spiro atoms. The summed E-state index contributed by atoms with van der Waals surface area (Å²) in [6.45, 7) is 2.98. The Morgan fingerprint density at radius 1 is 1.29 bits per heavy atom.